The highest BCUT2D eigenvalue weighted by Crippen LogP contribution is 2.43. The van der Waals surface area contributed by atoms with Gasteiger partial charge in [0.25, 0.3) is 0 Å². The lowest BCUT2D eigenvalue weighted by Gasteiger charge is -2.30. The van der Waals surface area contributed by atoms with Crippen molar-refractivity contribution in [2.75, 3.05) is 23.8 Å². The van der Waals surface area contributed by atoms with Crippen molar-refractivity contribution in [1.82, 2.24) is 9.88 Å². The standard InChI is InChI=1S/C25H28ClN3O3S/c1-16(2)32-14-6-13-27-24(31)23-22-19-7-4-5-8-20(19)28(3)25(22)33-15-21(30)29(23)18-11-9-17(26)10-12-18/h4-5,7-12,16,23H,6,13-15H2,1-3H3,(H,27,31)/t23-/m0/s1. The van der Waals surface area contributed by atoms with Gasteiger partial charge in [0.05, 0.1) is 16.9 Å². The van der Waals surface area contributed by atoms with E-state index in [4.69, 9.17) is 16.3 Å². The maximum absolute atomic E-state index is 13.7. The largest absolute Gasteiger partial charge is 0.379 e. The number of rotatable bonds is 7. The van der Waals surface area contributed by atoms with Crippen LogP contribution >= 0.6 is 23.4 Å². The van der Waals surface area contributed by atoms with Crippen LogP contribution in [-0.4, -0.2) is 41.4 Å². The number of carbonyl (C=O) groups is 2. The van der Waals surface area contributed by atoms with Gasteiger partial charge in [0.15, 0.2) is 0 Å². The lowest BCUT2D eigenvalue weighted by atomic mass is 10.0. The summed E-state index contributed by atoms with van der Waals surface area (Å²) in [7, 11) is 1.98. The third-order valence-corrected chi connectivity index (χ3v) is 7.06. The number of anilines is 1. The number of amides is 2. The van der Waals surface area contributed by atoms with Crippen LogP contribution in [0.5, 0.6) is 0 Å². The summed E-state index contributed by atoms with van der Waals surface area (Å²) in [5.41, 5.74) is 2.53. The van der Waals surface area contributed by atoms with E-state index in [1.54, 1.807) is 29.2 Å². The number of fused-ring (bicyclic) bond motifs is 3. The summed E-state index contributed by atoms with van der Waals surface area (Å²) in [5.74, 6) is -0.0833. The first kappa shape index (κ1) is 23.7. The van der Waals surface area contributed by atoms with Gasteiger partial charge in [-0.15, -0.1) is 0 Å². The van der Waals surface area contributed by atoms with Gasteiger partial charge in [-0.05, 0) is 50.6 Å². The van der Waals surface area contributed by atoms with E-state index < -0.39 is 6.04 Å². The van der Waals surface area contributed by atoms with Gasteiger partial charge in [0, 0.05) is 47.4 Å². The van der Waals surface area contributed by atoms with E-state index in [1.165, 1.54) is 11.8 Å². The van der Waals surface area contributed by atoms with Crippen molar-refractivity contribution in [3.05, 3.63) is 59.1 Å². The molecule has 2 amide bonds. The van der Waals surface area contributed by atoms with E-state index in [9.17, 15) is 9.59 Å². The van der Waals surface area contributed by atoms with Gasteiger partial charge in [-0.1, -0.05) is 41.6 Å². The van der Waals surface area contributed by atoms with Gasteiger partial charge in [-0.3, -0.25) is 14.5 Å². The number of nitrogens with one attached hydrogen (secondary N) is 1. The monoisotopic (exact) mass is 485 g/mol. The van der Waals surface area contributed by atoms with Crippen LogP contribution in [0.3, 0.4) is 0 Å². The molecule has 8 heteroatoms. The van der Waals surface area contributed by atoms with Crippen LogP contribution in [-0.2, 0) is 21.4 Å². The maximum atomic E-state index is 13.7. The maximum Gasteiger partial charge on any atom is 0.247 e. The van der Waals surface area contributed by atoms with E-state index in [0.717, 1.165) is 21.5 Å². The molecule has 0 bridgehead atoms. The van der Waals surface area contributed by atoms with Crippen molar-refractivity contribution < 1.29 is 14.3 Å². The van der Waals surface area contributed by atoms with E-state index in [2.05, 4.69) is 9.88 Å². The predicted molar refractivity (Wildman–Crippen MR) is 134 cm³/mol. The number of hydrogen-bond acceptors (Lipinski definition) is 4. The minimum absolute atomic E-state index is 0.120. The molecule has 1 aromatic heterocycles. The summed E-state index contributed by atoms with van der Waals surface area (Å²) >= 11 is 7.57. The summed E-state index contributed by atoms with van der Waals surface area (Å²) in [5, 5.41) is 5.53. The van der Waals surface area contributed by atoms with Crippen LogP contribution in [0.15, 0.2) is 53.6 Å². The molecule has 174 valence electrons. The Morgan fingerprint density at radius 1 is 1.21 bits per heavy atom. The Morgan fingerprint density at radius 2 is 1.94 bits per heavy atom. The van der Waals surface area contributed by atoms with Gasteiger partial charge in [0.1, 0.15) is 6.04 Å². The third kappa shape index (κ3) is 4.90. The van der Waals surface area contributed by atoms with E-state index in [0.29, 0.717) is 30.3 Å². The van der Waals surface area contributed by atoms with Gasteiger partial charge in [-0.2, -0.15) is 0 Å². The Morgan fingerprint density at radius 3 is 2.67 bits per heavy atom. The molecule has 1 atom stereocenters. The summed E-state index contributed by atoms with van der Waals surface area (Å²) < 4.78 is 7.66. The smallest absolute Gasteiger partial charge is 0.247 e. The minimum Gasteiger partial charge on any atom is -0.379 e. The predicted octanol–water partition coefficient (Wildman–Crippen LogP) is 4.94. The number of hydrogen-bond donors (Lipinski definition) is 1. The highest BCUT2D eigenvalue weighted by atomic mass is 35.5. The first-order chi connectivity index (χ1) is 15.9. The number of nitrogens with zero attached hydrogens (tertiary/aromatic N) is 2. The molecule has 0 aliphatic carbocycles. The second-order valence-electron chi connectivity index (χ2n) is 8.29. The SMILES string of the molecule is CC(C)OCCCNC(=O)[C@@H]1c2c(n(C)c3ccccc23)SCC(=O)N1c1ccc(Cl)cc1. The average molecular weight is 486 g/mol. The summed E-state index contributed by atoms with van der Waals surface area (Å²) in [6.07, 6.45) is 0.846. The van der Waals surface area contributed by atoms with Gasteiger partial charge < -0.3 is 14.6 Å². The lowest BCUT2D eigenvalue weighted by Crippen LogP contribution is -2.44. The number of aryl methyl sites for hydroxylation is 1. The number of para-hydroxylation sites is 1. The normalized spacial score (nSPS) is 16.2. The Kier molecular flexibility index (Phi) is 7.32. The molecular formula is C25H28ClN3O3S. The zero-order valence-electron chi connectivity index (χ0n) is 19.0. The average Bonchev–Trinajstić information content (AvgIpc) is 2.97. The number of aromatic nitrogens is 1. The molecule has 2 heterocycles. The molecule has 6 nitrogen and oxygen atoms in total. The number of carbonyl (C=O) groups excluding carboxylic acids is 2. The molecule has 1 aliphatic heterocycles. The van der Waals surface area contributed by atoms with Crippen molar-refractivity contribution in [3.8, 4) is 0 Å². The molecule has 3 aromatic rings. The number of thioether (sulfide) groups is 1. The lowest BCUT2D eigenvalue weighted by molar-refractivity contribution is -0.125. The Labute approximate surface area is 203 Å². The van der Waals surface area contributed by atoms with Crippen molar-refractivity contribution in [1.29, 1.82) is 0 Å². The van der Waals surface area contributed by atoms with Crippen LogP contribution in [0.1, 0.15) is 31.9 Å². The zero-order chi connectivity index (χ0) is 23.5. The summed E-state index contributed by atoms with van der Waals surface area (Å²) in [6.45, 7) is 5.01. The number of benzene rings is 2. The fourth-order valence-corrected chi connectivity index (χ4v) is 5.35. The molecule has 33 heavy (non-hydrogen) atoms. The van der Waals surface area contributed by atoms with Crippen LogP contribution in [0.4, 0.5) is 5.69 Å². The Bertz CT molecular complexity index is 1160. The second-order valence-corrected chi connectivity index (χ2v) is 9.69. The first-order valence-electron chi connectivity index (χ1n) is 11.1. The van der Waals surface area contributed by atoms with Crippen LogP contribution < -0.4 is 10.2 Å². The molecule has 0 fully saturated rings. The van der Waals surface area contributed by atoms with Crippen LogP contribution in [0.2, 0.25) is 5.02 Å². The molecular weight excluding hydrogens is 458 g/mol. The van der Waals surface area contributed by atoms with Crippen molar-refractivity contribution >= 4 is 51.8 Å². The van der Waals surface area contributed by atoms with Gasteiger partial charge in [0.2, 0.25) is 11.8 Å². The summed E-state index contributed by atoms with van der Waals surface area (Å²) in [4.78, 5) is 28.6. The highest BCUT2D eigenvalue weighted by Gasteiger charge is 2.39. The molecule has 4 rings (SSSR count). The quantitative estimate of drug-likeness (QED) is 0.481. The molecule has 0 saturated heterocycles. The zero-order valence-corrected chi connectivity index (χ0v) is 20.6. The Hall–Kier alpha value is -2.48. The van der Waals surface area contributed by atoms with Crippen molar-refractivity contribution in [2.45, 2.75) is 37.4 Å². The highest BCUT2D eigenvalue weighted by molar-refractivity contribution is 8.00. The third-order valence-electron chi connectivity index (χ3n) is 5.65. The topological polar surface area (TPSA) is 63.6 Å². The first-order valence-corrected chi connectivity index (χ1v) is 12.4. The fourth-order valence-electron chi connectivity index (χ4n) is 4.15. The molecule has 1 N–H and O–H groups in total. The molecule has 2 aromatic carbocycles. The second kappa shape index (κ2) is 10.2. The van der Waals surface area contributed by atoms with Crippen LogP contribution in [0, 0.1) is 0 Å². The van der Waals surface area contributed by atoms with Crippen molar-refractivity contribution in [3.63, 3.8) is 0 Å². The molecule has 1 aliphatic rings. The molecule has 0 spiro atoms. The molecule has 0 radical (unpaired) electrons. The summed E-state index contributed by atoms with van der Waals surface area (Å²) in [6, 6.07) is 14.3. The van der Waals surface area contributed by atoms with Crippen molar-refractivity contribution in [2.24, 2.45) is 7.05 Å². The van der Waals surface area contributed by atoms with Gasteiger partial charge >= 0.3 is 0 Å². The molecule has 0 unspecified atom stereocenters. The number of halogens is 1. The fraction of sp³-hybridized carbons (Fsp3) is 0.360. The molecule has 0 saturated carbocycles. The Balaban J connectivity index is 1.76. The van der Waals surface area contributed by atoms with E-state index in [-0.39, 0.29) is 23.7 Å². The van der Waals surface area contributed by atoms with E-state index >= 15 is 0 Å². The van der Waals surface area contributed by atoms with Crippen LogP contribution in [0.25, 0.3) is 10.9 Å². The minimum atomic E-state index is -0.791. The van der Waals surface area contributed by atoms with Gasteiger partial charge in [-0.25, -0.2) is 0 Å². The van der Waals surface area contributed by atoms with E-state index in [1.807, 2.05) is 45.2 Å². The number of ether oxygens (including phenoxy) is 1.